The quantitative estimate of drug-likeness (QED) is 0.495. The largest absolute Gasteiger partial charge is 0.467 e. The van der Waals surface area contributed by atoms with Crippen LogP contribution >= 0.6 is 23.2 Å². The number of ketones is 1. The van der Waals surface area contributed by atoms with Gasteiger partial charge in [-0.1, -0.05) is 41.4 Å². The number of nitrogens with zero attached hydrogens (tertiary/aromatic N) is 1. The van der Waals surface area contributed by atoms with Gasteiger partial charge in [0.1, 0.15) is 6.04 Å². The summed E-state index contributed by atoms with van der Waals surface area (Å²) >= 11 is 12.0. The van der Waals surface area contributed by atoms with Gasteiger partial charge in [-0.15, -0.1) is 0 Å². The molecular formula is C22H19Cl2NO3. The summed E-state index contributed by atoms with van der Waals surface area (Å²) in [6.07, 6.45) is 5.39. The summed E-state index contributed by atoms with van der Waals surface area (Å²) in [7, 11) is 1.34. The lowest BCUT2D eigenvalue weighted by atomic mass is 9.85. The first-order chi connectivity index (χ1) is 13.4. The Hall–Kier alpha value is -2.56. The predicted molar refractivity (Wildman–Crippen MR) is 111 cm³/mol. The van der Waals surface area contributed by atoms with Crippen molar-refractivity contribution >= 4 is 35.0 Å². The van der Waals surface area contributed by atoms with E-state index in [2.05, 4.69) is 0 Å². The Morgan fingerprint density at radius 2 is 1.57 bits per heavy atom. The Morgan fingerprint density at radius 3 is 2.14 bits per heavy atom. The van der Waals surface area contributed by atoms with Crippen LogP contribution in [0.5, 0.6) is 0 Å². The van der Waals surface area contributed by atoms with E-state index >= 15 is 0 Å². The molecule has 0 aromatic heterocycles. The van der Waals surface area contributed by atoms with Gasteiger partial charge in [0.05, 0.1) is 7.11 Å². The second kappa shape index (κ2) is 8.63. The van der Waals surface area contributed by atoms with Crippen LogP contribution in [0.4, 0.5) is 0 Å². The molecule has 28 heavy (non-hydrogen) atoms. The maximum absolute atomic E-state index is 13.3. The van der Waals surface area contributed by atoms with Crippen molar-refractivity contribution < 1.29 is 14.3 Å². The first kappa shape index (κ1) is 20.2. The molecule has 2 aromatic carbocycles. The summed E-state index contributed by atoms with van der Waals surface area (Å²) in [4.78, 5) is 26.9. The Bertz CT molecular complexity index is 933. The number of carbonyl (C=O) groups excluding carboxylic acids is 2. The van der Waals surface area contributed by atoms with Crippen molar-refractivity contribution in [3.05, 3.63) is 93.8 Å². The lowest BCUT2D eigenvalue weighted by Crippen LogP contribution is -2.35. The van der Waals surface area contributed by atoms with Crippen molar-refractivity contribution in [3.8, 4) is 0 Å². The molecule has 1 aliphatic heterocycles. The smallest absolute Gasteiger partial charge is 0.328 e. The van der Waals surface area contributed by atoms with Crippen molar-refractivity contribution in [2.24, 2.45) is 0 Å². The van der Waals surface area contributed by atoms with E-state index in [0.717, 1.165) is 5.56 Å². The number of hydrogen-bond donors (Lipinski definition) is 0. The van der Waals surface area contributed by atoms with Crippen LogP contribution in [0.15, 0.2) is 72.6 Å². The highest BCUT2D eigenvalue weighted by atomic mass is 35.5. The number of hydrogen-bond acceptors (Lipinski definition) is 4. The zero-order chi connectivity index (χ0) is 20.3. The van der Waals surface area contributed by atoms with Crippen LogP contribution in [0.1, 0.15) is 28.8 Å². The number of rotatable bonds is 5. The fraction of sp³-hybridized carbons (Fsp3) is 0.182. The van der Waals surface area contributed by atoms with E-state index in [4.69, 9.17) is 27.9 Å². The molecule has 2 unspecified atom stereocenters. The summed E-state index contributed by atoms with van der Waals surface area (Å²) in [5, 5.41) is 1.18. The highest BCUT2D eigenvalue weighted by Gasteiger charge is 2.28. The molecule has 1 aliphatic rings. The van der Waals surface area contributed by atoms with Gasteiger partial charge in [0.15, 0.2) is 5.78 Å². The molecule has 0 saturated heterocycles. The molecule has 2 atom stereocenters. The fourth-order valence-corrected chi connectivity index (χ4v) is 3.29. The van der Waals surface area contributed by atoms with Crippen molar-refractivity contribution in [2.75, 3.05) is 7.11 Å². The Labute approximate surface area is 174 Å². The summed E-state index contributed by atoms with van der Waals surface area (Å²) in [6, 6.07) is 13.5. The van der Waals surface area contributed by atoms with Gasteiger partial charge in [-0.05, 0) is 48.9 Å². The predicted octanol–water partition coefficient (Wildman–Crippen LogP) is 5.23. The first-order valence-electron chi connectivity index (χ1n) is 8.71. The van der Waals surface area contributed by atoms with Gasteiger partial charge in [0, 0.05) is 39.5 Å². The van der Waals surface area contributed by atoms with Crippen molar-refractivity contribution in [3.63, 3.8) is 0 Å². The minimum Gasteiger partial charge on any atom is -0.467 e. The third-order valence-electron chi connectivity index (χ3n) is 4.66. The Kier molecular flexibility index (Phi) is 6.22. The first-order valence-corrected chi connectivity index (χ1v) is 9.47. The average molecular weight is 416 g/mol. The van der Waals surface area contributed by atoms with Gasteiger partial charge < -0.3 is 9.64 Å². The van der Waals surface area contributed by atoms with E-state index in [1.165, 1.54) is 7.11 Å². The zero-order valence-corrected chi connectivity index (χ0v) is 16.9. The molecule has 0 aliphatic carbocycles. The van der Waals surface area contributed by atoms with E-state index in [-0.39, 0.29) is 17.7 Å². The number of benzene rings is 2. The fourth-order valence-electron chi connectivity index (χ4n) is 3.03. The average Bonchev–Trinajstić information content (AvgIpc) is 2.73. The number of carbonyl (C=O) groups is 2. The van der Waals surface area contributed by atoms with Crippen molar-refractivity contribution in [1.82, 2.24) is 4.90 Å². The van der Waals surface area contributed by atoms with Gasteiger partial charge in [-0.25, -0.2) is 4.79 Å². The Balaban J connectivity index is 2.01. The van der Waals surface area contributed by atoms with Crippen LogP contribution in [0, 0.1) is 0 Å². The second-order valence-corrected chi connectivity index (χ2v) is 7.31. The third kappa shape index (κ3) is 4.29. The van der Waals surface area contributed by atoms with E-state index in [9.17, 15) is 9.59 Å². The van der Waals surface area contributed by atoms with Crippen LogP contribution in [0.3, 0.4) is 0 Å². The molecule has 3 rings (SSSR count). The lowest BCUT2D eigenvalue weighted by Gasteiger charge is -2.29. The topological polar surface area (TPSA) is 46.6 Å². The Morgan fingerprint density at radius 1 is 1.00 bits per heavy atom. The normalized spacial score (nSPS) is 17.1. The summed E-state index contributed by atoms with van der Waals surface area (Å²) in [6.45, 7) is 1.72. The molecule has 0 spiro atoms. The molecule has 0 fully saturated rings. The molecule has 6 heteroatoms. The van der Waals surface area contributed by atoms with E-state index in [1.807, 2.05) is 18.2 Å². The molecule has 0 radical (unpaired) electrons. The summed E-state index contributed by atoms with van der Waals surface area (Å²) < 4.78 is 4.83. The number of halogens is 2. The van der Waals surface area contributed by atoms with E-state index in [1.54, 1.807) is 60.6 Å². The van der Waals surface area contributed by atoms with Gasteiger partial charge >= 0.3 is 5.97 Å². The molecule has 2 aromatic rings. The molecule has 0 bridgehead atoms. The number of methoxy groups -OCH3 is 1. The minimum absolute atomic E-state index is 0.136. The molecular weight excluding hydrogens is 397 g/mol. The highest BCUT2D eigenvalue weighted by molar-refractivity contribution is 6.31. The highest BCUT2D eigenvalue weighted by Crippen LogP contribution is 2.33. The standard InChI is InChI=1S/C22H19Cl2NO3/c1-14(22(27)28-2)25-12-11-19(15-3-7-17(23)8-4-15)20(13-25)21(26)16-5-9-18(24)10-6-16/h3-14,19H,1-2H3. The molecule has 4 nitrogen and oxygen atoms in total. The number of esters is 1. The minimum atomic E-state index is -0.555. The zero-order valence-electron chi connectivity index (χ0n) is 15.4. The van der Waals surface area contributed by atoms with Gasteiger partial charge in [0.25, 0.3) is 0 Å². The van der Waals surface area contributed by atoms with Crippen molar-refractivity contribution in [1.29, 1.82) is 0 Å². The number of Topliss-reactive ketones (excluding diaryl/α,β-unsaturated/α-hetero) is 1. The second-order valence-electron chi connectivity index (χ2n) is 6.44. The maximum Gasteiger partial charge on any atom is 0.328 e. The molecule has 0 N–H and O–H groups in total. The lowest BCUT2D eigenvalue weighted by molar-refractivity contribution is -0.144. The third-order valence-corrected chi connectivity index (χ3v) is 5.17. The molecule has 0 saturated carbocycles. The number of allylic oxidation sites excluding steroid dienone is 2. The SMILES string of the molecule is COC(=O)C(C)N1C=CC(c2ccc(Cl)cc2)C(C(=O)c2ccc(Cl)cc2)=C1. The molecule has 0 amide bonds. The summed E-state index contributed by atoms with van der Waals surface area (Å²) in [5.41, 5.74) is 2.00. The van der Waals surface area contributed by atoms with Crippen LogP contribution < -0.4 is 0 Å². The van der Waals surface area contributed by atoms with Crippen LogP contribution in [0.2, 0.25) is 10.0 Å². The van der Waals surface area contributed by atoms with E-state index in [0.29, 0.717) is 21.2 Å². The van der Waals surface area contributed by atoms with Crippen LogP contribution in [0.25, 0.3) is 0 Å². The molecule has 144 valence electrons. The van der Waals surface area contributed by atoms with Crippen LogP contribution in [-0.4, -0.2) is 29.8 Å². The van der Waals surface area contributed by atoms with Gasteiger partial charge in [-0.2, -0.15) is 0 Å². The van der Waals surface area contributed by atoms with Gasteiger partial charge in [-0.3, -0.25) is 4.79 Å². The van der Waals surface area contributed by atoms with Crippen molar-refractivity contribution in [2.45, 2.75) is 18.9 Å². The maximum atomic E-state index is 13.3. The number of ether oxygens (including phenoxy) is 1. The van der Waals surface area contributed by atoms with Gasteiger partial charge in [0.2, 0.25) is 0 Å². The monoisotopic (exact) mass is 415 g/mol. The molecule has 1 heterocycles. The van der Waals surface area contributed by atoms with E-state index < -0.39 is 6.04 Å². The summed E-state index contributed by atoms with van der Waals surface area (Å²) in [5.74, 6) is -0.784. The van der Waals surface area contributed by atoms with Crippen LogP contribution in [-0.2, 0) is 9.53 Å².